The highest BCUT2D eigenvalue weighted by molar-refractivity contribution is 8.00. The summed E-state index contributed by atoms with van der Waals surface area (Å²) in [5.74, 6) is -0.385. The summed E-state index contributed by atoms with van der Waals surface area (Å²) in [6.45, 7) is 2.57. The van der Waals surface area contributed by atoms with Crippen LogP contribution in [0.3, 0.4) is 0 Å². The number of likely N-dealkylation sites (N-methyl/N-ethyl adjacent to an activating group) is 1. The number of hydrogen-bond donors (Lipinski definition) is 0. The van der Waals surface area contributed by atoms with Crippen LogP contribution >= 0.6 is 11.8 Å². The van der Waals surface area contributed by atoms with Crippen LogP contribution in [0, 0.1) is 0 Å². The minimum Gasteiger partial charge on any atom is -0.313 e. The molecule has 2 aliphatic heterocycles. The van der Waals surface area contributed by atoms with Crippen molar-refractivity contribution in [2.45, 2.75) is 61.1 Å². The first kappa shape index (κ1) is 19.3. The fourth-order valence-corrected chi connectivity index (χ4v) is 5.75. The average molecular weight is 402 g/mol. The van der Waals surface area contributed by atoms with Crippen molar-refractivity contribution in [1.82, 2.24) is 9.80 Å². The molecule has 1 atom stereocenters. The zero-order valence-corrected chi connectivity index (χ0v) is 17.3. The zero-order valence-electron chi connectivity index (χ0n) is 16.5. The Hall–Kier alpha value is -2.02. The number of hydrogen-bond acceptors (Lipinski definition) is 4. The number of urea groups is 1. The van der Waals surface area contributed by atoms with Crippen LogP contribution in [-0.2, 0) is 9.59 Å². The maximum Gasteiger partial charge on any atom is 0.327 e. The molecule has 0 bridgehead atoms. The lowest BCUT2D eigenvalue weighted by Crippen LogP contribution is -2.49. The molecule has 4 rings (SSSR count). The number of amides is 4. The van der Waals surface area contributed by atoms with Gasteiger partial charge in [-0.3, -0.25) is 14.5 Å². The Morgan fingerprint density at radius 3 is 2.64 bits per heavy atom. The fraction of sp³-hybridized carbons (Fsp3) is 0.571. The number of fused-ring (bicyclic) bond motifs is 1. The molecule has 0 radical (unpaired) electrons. The van der Waals surface area contributed by atoms with Crippen LogP contribution < -0.4 is 4.90 Å². The van der Waals surface area contributed by atoms with E-state index >= 15 is 0 Å². The van der Waals surface area contributed by atoms with Crippen LogP contribution in [0.25, 0.3) is 0 Å². The van der Waals surface area contributed by atoms with E-state index in [1.54, 1.807) is 28.6 Å². The largest absolute Gasteiger partial charge is 0.327 e. The summed E-state index contributed by atoms with van der Waals surface area (Å²) < 4.78 is 0. The third-order valence-electron chi connectivity index (χ3n) is 6.32. The Kier molecular flexibility index (Phi) is 5.12. The molecule has 3 aliphatic rings. The molecule has 1 aromatic carbocycles. The van der Waals surface area contributed by atoms with Gasteiger partial charge in [0.2, 0.25) is 5.91 Å². The number of anilines is 1. The summed E-state index contributed by atoms with van der Waals surface area (Å²) in [7, 11) is 1.70. The van der Waals surface area contributed by atoms with Crippen LogP contribution in [0.1, 0.15) is 45.4 Å². The topological polar surface area (TPSA) is 60.9 Å². The van der Waals surface area contributed by atoms with Crippen molar-refractivity contribution in [3.05, 3.63) is 24.3 Å². The maximum atomic E-state index is 13.2. The minimum atomic E-state index is -0.739. The van der Waals surface area contributed by atoms with Crippen molar-refractivity contribution < 1.29 is 14.4 Å². The van der Waals surface area contributed by atoms with Crippen molar-refractivity contribution in [1.29, 1.82) is 0 Å². The van der Waals surface area contributed by atoms with Crippen molar-refractivity contribution in [3.63, 3.8) is 0 Å². The first-order valence-corrected chi connectivity index (χ1v) is 11.0. The summed E-state index contributed by atoms with van der Waals surface area (Å²) in [5, 5.41) is 0.408. The number of para-hydroxylation sites is 1. The van der Waals surface area contributed by atoms with Crippen molar-refractivity contribution in [3.8, 4) is 0 Å². The van der Waals surface area contributed by atoms with E-state index in [0.717, 1.165) is 36.3 Å². The predicted octanol–water partition coefficient (Wildman–Crippen LogP) is 3.50. The zero-order chi connectivity index (χ0) is 19.9. The molecule has 1 aliphatic carbocycles. The number of imide groups is 1. The molecule has 2 fully saturated rings. The number of carbonyl (C=O) groups is 3. The molecule has 0 unspecified atom stereocenters. The molecule has 0 N–H and O–H groups in total. The Bertz CT molecular complexity index is 806. The molecule has 28 heavy (non-hydrogen) atoms. The number of thioether (sulfide) groups is 1. The average Bonchev–Trinajstić information content (AvgIpc) is 2.84. The molecule has 7 heteroatoms. The lowest BCUT2D eigenvalue weighted by atomic mass is 9.81. The number of benzene rings is 1. The van der Waals surface area contributed by atoms with Crippen LogP contribution in [0.2, 0.25) is 0 Å². The monoisotopic (exact) mass is 401 g/mol. The Morgan fingerprint density at radius 2 is 1.89 bits per heavy atom. The van der Waals surface area contributed by atoms with Gasteiger partial charge in [-0.15, -0.1) is 11.8 Å². The molecule has 1 saturated carbocycles. The van der Waals surface area contributed by atoms with Gasteiger partial charge in [-0.1, -0.05) is 38.3 Å². The van der Waals surface area contributed by atoms with Gasteiger partial charge in [-0.25, -0.2) is 4.79 Å². The SMILES string of the molecule is C[C@@H]1CCN(C(=O)CN2C(=O)N(C)C3(CCCCC3)C2=O)c2ccccc2S1. The lowest BCUT2D eigenvalue weighted by Gasteiger charge is -2.35. The second-order valence-electron chi connectivity index (χ2n) is 8.06. The minimum absolute atomic E-state index is 0.183. The third kappa shape index (κ3) is 3.09. The van der Waals surface area contributed by atoms with Gasteiger partial charge in [-0.2, -0.15) is 0 Å². The third-order valence-corrected chi connectivity index (χ3v) is 7.56. The standard InChI is InChI=1S/C21H27N3O3S/c1-15-10-13-23(16-8-4-5-9-17(16)28-15)18(25)14-24-19(26)21(22(2)20(24)27)11-6-3-7-12-21/h4-5,8-9,15H,3,6-7,10-14H2,1-2H3/t15-/m1/s1. The predicted molar refractivity (Wildman–Crippen MR) is 109 cm³/mol. The summed E-state index contributed by atoms with van der Waals surface area (Å²) >= 11 is 1.77. The van der Waals surface area contributed by atoms with Crippen LogP contribution in [0.15, 0.2) is 29.2 Å². The van der Waals surface area contributed by atoms with E-state index in [1.807, 2.05) is 24.3 Å². The normalized spacial score (nSPS) is 24.5. The summed E-state index contributed by atoms with van der Waals surface area (Å²) in [4.78, 5) is 44.8. The number of carbonyl (C=O) groups excluding carboxylic acids is 3. The Labute approximate surface area is 170 Å². The highest BCUT2D eigenvalue weighted by atomic mass is 32.2. The maximum absolute atomic E-state index is 13.2. The quantitative estimate of drug-likeness (QED) is 0.712. The van der Waals surface area contributed by atoms with Gasteiger partial charge in [-0.05, 0) is 31.4 Å². The van der Waals surface area contributed by atoms with E-state index in [4.69, 9.17) is 0 Å². The van der Waals surface area contributed by atoms with Crippen LogP contribution in [0.5, 0.6) is 0 Å². The van der Waals surface area contributed by atoms with Gasteiger partial charge in [0, 0.05) is 23.7 Å². The molecule has 0 aromatic heterocycles. The van der Waals surface area contributed by atoms with Crippen molar-refractivity contribution in [2.75, 3.05) is 25.0 Å². The lowest BCUT2D eigenvalue weighted by molar-refractivity contribution is -0.136. The van der Waals surface area contributed by atoms with E-state index in [-0.39, 0.29) is 24.4 Å². The second-order valence-corrected chi connectivity index (χ2v) is 9.54. The molecule has 1 spiro atoms. The summed E-state index contributed by atoms with van der Waals surface area (Å²) in [6.07, 6.45) is 5.24. The number of rotatable bonds is 2. The highest BCUT2D eigenvalue weighted by Gasteiger charge is 2.56. The summed E-state index contributed by atoms with van der Waals surface area (Å²) in [5.41, 5.74) is 0.137. The second kappa shape index (κ2) is 7.43. The highest BCUT2D eigenvalue weighted by Crippen LogP contribution is 2.40. The molecule has 1 aromatic rings. The fourth-order valence-electron chi connectivity index (χ4n) is 4.64. The van der Waals surface area contributed by atoms with Crippen LogP contribution in [0.4, 0.5) is 10.5 Å². The van der Waals surface area contributed by atoms with E-state index in [1.165, 1.54) is 4.90 Å². The molecule has 1 saturated heterocycles. The summed E-state index contributed by atoms with van der Waals surface area (Å²) in [6, 6.07) is 7.53. The number of nitrogens with zero attached hydrogens (tertiary/aromatic N) is 3. The van der Waals surface area contributed by atoms with Gasteiger partial charge in [0.15, 0.2) is 0 Å². The molecular formula is C21H27N3O3S. The molecule has 2 heterocycles. The van der Waals surface area contributed by atoms with E-state index in [9.17, 15) is 14.4 Å². The van der Waals surface area contributed by atoms with Crippen molar-refractivity contribution >= 4 is 35.3 Å². The van der Waals surface area contributed by atoms with Gasteiger partial charge in [0.25, 0.3) is 5.91 Å². The molecule has 4 amide bonds. The van der Waals surface area contributed by atoms with Gasteiger partial charge in [0.1, 0.15) is 12.1 Å². The smallest absolute Gasteiger partial charge is 0.313 e. The molecule has 6 nitrogen and oxygen atoms in total. The van der Waals surface area contributed by atoms with E-state index in [0.29, 0.717) is 24.6 Å². The van der Waals surface area contributed by atoms with Crippen molar-refractivity contribution in [2.24, 2.45) is 0 Å². The Balaban J connectivity index is 1.57. The Morgan fingerprint density at radius 1 is 1.18 bits per heavy atom. The van der Waals surface area contributed by atoms with Gasteiger partial charge in [0.05, 0.1) is 5.69 Å². The van der Waals surface area contributed by atoms with Gasteiger partial charge < -0.3 is 9.80 Å². The van der Waals surface area contributed by atoms with E-state index < -0.39 is 5.54 Å². The van der Waals surface area contributed by atoms with Crippen LogP contribution in [-0.4, -0.2) is 58.6 Å². The first-order valence-electron chi connectivity index (χ1n) is 10.1. The first-order chi connectivity index (χ1) is 13.4. The molecular weight excluding hydrogens is 374 g/mol. The van der Waals surface area contributed by atoms with E-state index in [2.05, 4.69) is 6.92 Å². The van der Waals surface area contributed by atoms with Gasteiger partial charge >= 0.3 is 6.03 Å². The molecule has 150 valence electrons.